The predicted molar refractivity (Wildman–Crippen MR) is 68.0 cm³/mol. The van der Waals surface area contributed by atoms with Crippen LogP contribution in [0.5, 0.6) is 5.75 Å². The molecule has 1 aromatic carbocycles. The third kappa shape index (κ3) is 2.80. The number of aromatic hydroxyl groups is 1. The van der Waals surface area contributed by atoms with Crippen LogP contribution in [0.25, 0.3) is 0 Å². The molecule has 2 aromatic rings. The molecule has 2 N–H and O–H groups in total. The van der Waals surface area contributed by atoms with Crippen molar-refractivity contribution in [2.45, 2.75) is 19.9 Å². The molecule has 0 saturated carbocycles. The van der Waals surface area contributed by atoms with Gasteiger partial charge in [-0.2, -0.15) is 5.10 Å². The van der Waals surface area contributed by atoms with Crippen LogP contribution in [0.2, 0.25) is 0 Å². The van der Waals surface area contributed by atoms with Gasteiger partial charge in [-0.15, -0.1) is 0 Å². The van der Waals surface area contributed by atoms with E-state index in [9.17, 15) is 9.50 Å². The van der Waals surface area contributed by atoms with Gasteiger partial charge in [0.1, 0.15) is 11.6 Å². The van der Waals surface area contributed by atoms with Crippen LogP contribution >= 0.6 is 0 Å². The largest absolute Gasteiger partial charge is 0.508 e. The summed E-state index contributed by atoms with van der Waals surface area (Å²) >= 11 is 0. The van der Waals surface area contributed by atoms with Crippen LogP contribution in [0, 0.1) is 5.82 Å². The van der Waals surface area contributed by atoms with Gasteiger partial charge in [0.05, 0.1) is 11.4 Å². The summed E-state index contributed by atoms with van der Waals surface area (Å²) in [6, 6.07) is 4.03. The Morgan fingerprint density at radius 1 is 1.39 bits per heavy atom. The molecule has 5 heteroatoms. The van der Waals surface area contributed by atoms with Crippen LogP contribution in [-0.2, 0) is 20.0 Å². The summed E-state index contributed by atoms with van der Waals surface area (Å²) in [5, 5.41) is 16.8. The zero-order valence-corrected chi connectivity index (χ0v) is 10.4. The van der Waals surface area contributed by atoms with Gasteiger partial charge in [0.25, 0.3) is 0 Å². The van der Waals surface area contributed by atoms with E-state index in [1.807, 2.05) is 20.2 Å². The van der Waals surface area contributed by atoms with Gasteiger partial charge in [-0.05, 0) is 24.1 Å². The molecular weight excluding hydrogens is 233 g/mol. The molecule has 4 nitrogen and oxygen atoms in total. The number of phenols is 1. The number of benzene rings is 1. The molecular formula is C13H16FN3O. The minimum absolute atomic E-state index is 0.0614. The molecule has 0 amide bonds. The minimum Gasteiger partial charge on any atom is -0.508 e. The summed E-state index contributed by atoms with van der Waals surface area (Å²) in [7, 11) is 1.86. The van der Waals surface area contributed by atoms with Gasteiger partial charge in [-0.1, -0.05) is 6.92 Å². The zero-order valence-electron chi connectivity index (χ0n) is 10.4. The summed E-state index contributed by atoms with van der Waals surface area (Å²) in [5.41, 5.74) is 2.60. The number of nitrogens with zero attached hydrogens (tertiary/aromatic N) is 2. The van der Waals surface area contributed by atoms with E-state index in [2.05, 4.69) is 10.4 Å². The van der Waals surface area contributed by atoms with Gasteiger partial charge >= 0.3 is 0 Å². The number of hydrogen-bond acceptors (Lipinski definition) is 3. The summed E-state index contributed by atoms with van der Waals surface area (Å²) < 4.78 is 14.8. The zero-order chi connectivity index (χ0) is 13.1. The lowest BCUT2D eigenvalue weighted by Gasteiger charge is -2.06. The molecule has 96 valence electrons. The molecule has 0 spiro atoms. The fourth-order valence-electron chi connectivity index (χ4n) is 1.88. The van der Waals surface area contributed by atoms with Gasteiger partial charge in [0.2, 0.25) is 0 Å². The Morgan fingerprint density at radius 2 is 2.17 bits per heavy atom. The Kier molecular flexibility index (Phi) is 3.50. The predicted octanol–water partition coefficient (Wildman–Crippen LogP) is 2.44. The van der Waals surface area contributed by atoms with E-state index < -0.39 is 5.82 Å². The second kappa shape index (κ2) is 5.08. The molecule has 2 rings (SSSR count). The van der Waals surface area contributed by atoms with E-state index in [4.69, 9.17) is 0 Å². The van der Waals surface area contributed by atoms with E-state index in [0.29, 0.717) is 12.1 Å². The number of hydrogen-bond donors (Lipinski definition) is 2. The number of anilines is 1. The van der Waals surface area contributed by atoms with Crippen molar-refractivity contribution < 1.29 is 9.50 Å². The van der Waals surface area contributed by atoms with Gasteiger partial charge in [-0.25, -0.2) is 4.39 Å². The van der Waals surface area contributed by atoms with Crippen molar-refractivity contribution in [2.75, 3.05) is 5.32 Å². The second-order valence-corrected chi connectivity index (χ2v) is 4.19. The van der Waals surface area contributed by atoms with Crippen LogP contribution in [0.1, 0.15) is 18.2 Å². The molecule has 0 aliphatic carbocycles. The lowest BCUT2D eigenvalue weighted by Crippen LogP contribution is -2.01. The second-order valence-electron chi connectivity index (χ2n) is 4.19. The number of nitrogens with one attached hydrogen (secondary N) is 1. The molecule has 0 atom stereocenters. The van der Waals surface area contributed by atoms with Crippen molar-refractivity contribution in [3.8, 4) is 5.75 Å². The monoisotopic (exact) mass is 249 g/mol. The Balaban J connectivity index is 2.11. The first-order valence-corrected chi connectivity index (χ1v) is 5.83. The van der Waals surface area contributed by atoms with Crippen molar-refractivity contribution in [1.29, 1.82) is 0 Å². The molecule has 0 radical (unpaired) electrons. The standard InChI is InChI=1S/C13H16FN3O/c1-3-12-13(8-17(2)16-12)15-7-9-4-10(14)6-11(18)5-9/h4-6,8,15,18H,3,7H2,1-2H3. The van der Waals surface area contributed by atoms with Gasteiger partial charge in [0, 0.05) is 25.9 Å². The Morgan fingerprint density at radius 3 is 2.83 bits per heavy atom. The summed E-state index contributed by atoms with van der Waals surface area (Å²) in [5.74, 6) is -0.498. The van der Waals surface area contributed by atoms with Crippen LogP contribution in [-0.4, -0.2) is 14.9 Å². The number of aryl methyl sites for hydroxylation is 2. The molecule has 0 aliphatic heterocycles. The molecule has 0 saturated heterocycles. The van der Waals surface area contributed by atoms with E-state index in [1.165, 1.54) is 12.1 Å². The van der Waals surface area contributed by atoms with Gasteiger partial charge < -0.3 is 10.4 Å². The third-order valence-electron chi connectivity index (χ3n) is 2.67. The Labute approximate surface area is 105 Å². The smallest absolute Gasteiger partial charge is 0.127 e. The quantitative estimate of drug-likeness (QED) is 0.875. The summed E-state index contributed by atoms with van der Waals surface area (Å²) in [6.45, 7) is 2.48. The number of rotatable bonds is 4. The number of halogens is 1. The van der Waals surface area contributed by atoms with Crippen LogP contribution in [0.3, 0.4) is 0 Å². The van der Waals surface area contributed by atoms with Crippen LogP contribution in [0.4, 0.5) is 10.1 Å². The maximum atomic E-state index is 13.1. The highest BCUT2D eigenvalue weighted by Gasteiger charge is 2.06. The molecule has 0 unspecified atom stereocenters. The SMILES string of the molecule is CCc1nn(C)cc1NCc1cc(O)cc(F)c1. The maximum Gasteiger partial charge on any atom is 0.127 e. The Bertz CT molecular complexity index is 531. The third-order valence-corrected chi connectivity index (χ3v) is 2.67. The average molecular weight is 249 g/mol. The first-order chi connectivity index (χ1) is 8.58. The van der Waals surface area contributed by atoms with Crippen molar-refractivity contribution in [2.24, 2.45) is 7.05 Å². The van der Waals surface area contributed by atoms with E-state index in [0.717, 1.165) is 23.9 Å². The highest BCUT2D eigenvalue weighted by molar-refractivity contribution is 5.47. The van der Waals surface area contributed by atoms with Crippen molar-refractivity contribution in [1.82, 2.24) is 9.78 Å². The summed E-state index contributed by atoms with van der Waals surface area (Å²) in [6.07, 6.45) is 2.72. The summed E-state index contributed by atoms with van der Waals surface area (Å²) in [4.78, 5) is 0. The fraction of sp³-hybridized carbons (Fsp3) is 0.308. The topological polar surface area (TPSA) is 50.1 Å². The number of aromatic nitrogens is 2. The average Bonchev–Trinajstić information content (AvgIpc) is 2.66. The first kappa shape index (κ1) is 12.4. The van der Waals surface area contributed by atoms with Gasteiger partial charge in [-0.3, -0.25) is 4.68 Å². The first-order valence-electron chi connectivity index (χ1n) is 5.83. The Hall–Kier alpha value is -2.04. The molecule has 18 heavy (non-hydrogen) atoms. The molecule has 0 fully saturated rings. The highest BCUT2D eigenvalue weighted by Crippen LogP contribution is 2.18. The molecule has 0 bridgehead atoms. The van der Waals surface area contributed by atoms with Crippen LogP contribution < -0.4 is 5.32 Å². The van der Waals surface area contributed by atoms with Crippen molar-refractivity contribution in [3.05, 3.63) is 41.5 Å². The van der Waals surface area contributed by atoms with Crippen molar-refractivity contribution >= 4 is 5.69 Å². The minimum atomic E-state index is -0.436. The van der Waals surface area contributed by atoms with E-state index >= 15 is 0 Å². The van der Waals surface area contributed by atoms with E-state index in [-0.39, 0.29) is 5.75 Å². The lowest BCUT2D eigenvalue weighted by atomic mass is 10.2. The normalized spacial score (nSPS) is 10.6. The maximum absolute atomic E-state index is 13.1. The molecule has 0 aliphatic rings. The van der Waals surface area contributed by atoms with E-state index in [1.54, 1.807) is 4.68 Å². The van der Waals surface area contributed by atoms with Gasteiger partial charge in [0.15, 0.2) is 0 Å². The van der Waals surface area contributed by atoms with Crippen molar-refractivity contribution in [3.63, 3.8) is 0 Å². The van der Waals surface area contributed by atoms with Crippen LogP contribution in [0.15, 0.2) is 24.4 Å². The molecule has 1 aromatic heterocycles. The number of phenolic OH excluding ortho intramolecular Hbond substituents is 1. The highest BCUT2D eigenvalue weighted by atomic mass is 19.1. The fourth-order valence-corrected chi connectivity index (χ4v) is 1.88. The molecule has 1 heterocycles. The lowest BCUT2D eigenvalue weighted by molar-refractivity contribution is 0.468.